The highest BCUT2D eigenvalue weighted by Crippen LogP contribution is 2.25. The summed E-state index contributed by atoms with van der Waals surface area (Å²) >= 11 is 1.49. The molecule has 0 radical (unpaired) electrons. The van der Waals surface area contributed by atoms with Crippen LogP contribution in [0.15, 0.2) is 35.7 Å². The van der Waals surface area contributed by atoms with Gasteiger partial charge >= 0.3 is 0 Å². The highest BCUT2D eigenvalue weighted by molar-refractivity contribution is 7.10. The van der Waals surface area contributed by atoms with Gasteiger partial charge in [0.1, 0.15) is 0 Å². The van der Waals surface area contributed by atoms with Crippen molar-refractivity contribution in [1.29, 1.82) is 0 Å². The summed E-state index contributed by atoms with van der Waals surface area (Å²) in [4.78, 5) is 39.7. The third-order valence-corrected chi connectivity index (χ3v) is 5.78. The lowest BCUT2D eigenvalue weighted by Gasteiger charge is -2.27. The standard InChI is InChI=1S/C21H25N3O4S/c1-14-16(21(27)24-8-10-28-11-9-24)5-3-6-17(14)23-20(26)13-18(22-15(2)25)19-7-4-12-29-19/h3-7,12,18H,8-11,13H2,1-2H3,(H,22,25)(H,23,26). The minimum absolute atomic E-state index is 0.0587. The molecule has 3 rings (SSSR count). The van der Waals surface area contributed by atoms with Gasteiger partial charge in [-0.25, -0.2) is 0 Å². The average molecular weight is 416 g/mol. The van der Waals surface area contributed by atoms with Gasteiger partial charge in [-0.1, -0.05) is 12.1 Å². The minimum Gasteiger partial charge on any atom is -0.378 e. The van der Waals surface area contributed by atoms with E-state index in [-0.39, 0.29) is 30.2 Å². The zero-order chi connectivity index (χ0) is 20.8. The van der Waals surface area contributed by atoms with E-state index in [2.05, 4.69) is 10.6 Å². The molecule has 154 valence electrons. The number of anilines is 1. The lowest BCUT2D eigenvalue weighted by Crippen LogP contribution is -2.41. The van der Waals surface area contributed by atoms with Gasteiger partial charge in [-0.05, 0) is 36.1 Å². The predicted molar refractivity (Wildman–Crippen MR) is 112 cm³/mol. The van der Waals surface area contributed by atoms with E-state index in [1.807, 2.05) is 24.4 Å². The molecule has 2 aromatic rings. The van der Waals surface area contributed by atoms with Crippen LogP contribution < -0.4 is 10.6 Å². The molecule has 1 fully saturated rings. The molecular weight excluding hydrogens is 390 g/mol. The van der Waals surface area contributed by atoms with Crippen molar-refractivity contribution < 1.29 is 19.1 Å². The predicted octanol–water partition coefficient (Wildman–Crippen LogP) is 2.73. The second-order valence-corrected chi connectivity index (χ2v) is 7.88. The number of carbonyl (C=O) groups excluding carboxylic acids is 3. The number of hydrogen-bond acceptors (Lipinski definition) is 5. The van der Waals surface area contributed by atoms with Crippen molar-refractivity contribution in [3.63, 3.8) is 0 Å². The molecule has 2 heterocycles. The number of benzene rings is 1. The fraction of sp³-hybridized carbons (Fsp3) is 0.381. The number of ether oxygens (including phenoxy) is 1. The molecule has 0 spiro atoms. The number of carbonyl (C=O) groups is 3. The topological polar surface area (TPSA) is 87.7 Å². The number of amides is 3. The Morgan fingerprint density at radius 3 is 2.59 bits per heavy atom. The summed E-state index contributed by atoms with van der Waals surface area (Å²) in [5.74, 6) is -0.474. The molecule has 1 aliphatic rings. The summed E-state index contributed by atoms with van der Waals surface area (Å²) in [7, 11) is 0. The van der Waals surface area contributed by atoms with Crippen LogP contribution in [0.3, 0.4) is 0 Å². The van der Waals surface area contributed by atoms with E-state index >= 15 is 0 Å². The Labute approximate surface area is 174 Å². The van der Waals surface area contributed by atoms with Crippen LogP contribution in [0.4, 0.5) is 5.69 Å². The van der Waals surface area contributed by atoms with Gasteiger partial charge in [0.2, 0.25) is 11.8 Å². The number of rotatable bonds is 6. The summed E-state index contributed by atoms with van der Waals surface area (Å²) in [6, 6.07) is 8.71. The van der Waals surface area contributed by atoms with Crippen molar-refractivity contribution in [2.45, 2.75) is 26.3 Å². The number of hydrogen-bond donors (Lipinski definition) is 2. The molecule has 3 amide bonds. The second kappa shape index (κ2) is 9.67. The minimum atomic E-state index is -0.383. The van der Waals surface area contributed by atoms with Gasteiger partial charge in [0.15, 0.2) is 0 Å². The molecule has 0 bridgehead atoms. The first-order valence-corrected chi connectivity index (χ1v) is 10.4. The first kappa shape index (κ1) is 21.0. The summed E-state index contributed by atoms with van der Waals surface area (Å²) in [6.07, 6.45) is 0.112. The summed E-state index contributed by atoms with van der Waals surface area (Å²) in [5.41, 5.74) is 1.90. The van der Waals surface area contributed by atoms with Gasteiger partial charge in [0, 0.05) is 36.1 Å². The molecule has 1 saturated heterocycles. The Balaban J connectivity index is 1.71. The molecule has 7 nitrogen and oxygen atoms in total. The van der Waals surface area contributed by atoms with E-state index in [0.29, 0.717) is 37.6 Å². The average Bonchev–Trinajstić information content (AvgIpc) is 3.24. The molecule has 1 atom stereocenters. The van der Waals surface area contributed by atoms with Gasteiger partial charge in [0.25, 0.3) is 5.91 Å². The van der Waals surface area contributed by atoms with Gasteiger partial charge in [-0.15, -0.1) is 11.3 Å². The normalized spacial score (nSPS) is 14.9. The fourth-order valence-electron chi connectivity index (χ4n) is 3.28. The lowest BCUT2D eigenvalue weighted by atomic mass is 10.0. The zero-order valence-electron chi connectivity index (χ0n) is 16.6. The Morgan fingerprint density at radius 2 is 1.93 bits per heavy atom. The number of nitrogens with one attached hydrogen (secondary N) is 2. The Kier molecular flexibility index (Phi) is 7.00. The Hall–Kier alpha value is -2.71. The van der Waals surface area contributed by atoms with Gasteiger partial charge < -0.3 is 20.3 Å². The maximum absolute atomic E-state index is 12.8. The number of morpholine rings is 1. The molecule has 29 heavy (non-hydrogen) atoms. The Bertz CT molecular complexity index is 876. The van der Waals surface area contributed by atoms with E-state index in [1.165, 1.54) is 18.3 Å². The molecule has 1 unspecified atom stereocenters. The quantitative estimate of drug-likeness (QED) is 0.759. The highest BCUT2D eigenvalue weighted by atomic mass is 32.1. The van der Waals surface area contributed by atoms with Crippen LogP contribution in [0.25, 0.3) is 0 Å². The summed E-state index contributed by atoms with van der Waals surface area (Å²) in [6.45, 7) is 5.46. The van der Waals surface area contributed by atoms with Gasteiger partial charge in [-0.2, -0.15) is 0 Å². The van der Waals surface area contributed by atoms with Crippen molar-refractivity contribution in [3.05, 3.63) is 51.7 Å². The van der Waals surface area contributed by atoms with E-state index in [0.717, 1.165) is 10.4 Å². The van der Waals surface area contributed by atoms with E-state index in [1.54, 1.807) is 23.1 Å². The zero-order valence-corrected chi connectivity index (χ0v) is 17.4. The third kappa shape index (κ3) is 5.42. The molecule has 0 aliphatic carbocycles. The van der Waals surface area contributed by atoms with Crippen molar-refractivity contribution in [2.75, 3.05) is 31.6 Å². The van der Waals surface area contributed by atoms with E-state index in [4.69, 9.17) is 4.74 Å². The maximum atomic E-state index is 12.8. The fourth-order valence-corrected chi connectivity index (χ4v) is 4.06. The van der Waals surface area contributed by atoms with Crippen LogP contribution >= 0.6 is 11.3 Å². The van der Waals surface area contributed by atoms with Crippen LogP contribution in [0.2, 0.25) is 0 Å². The smallest absolute Gasteiger partial charge is 0.254 e. The number of thiophene rings is 1. The van der Waals surface area contributed by atoms with Crippen LogP contribution in [-0.4, -0.2) is 48.9 Å². The maximum Gasteiger partial charge on any atom is 0.254 e. The first-order valence-electron chi connectivity index (χ1n) is 9.52. The summed E-state index contributed by atoms with van der Waals surface area (Å²) in [5, 5.41) is 7.63. The van der Waals surface area contributed by atoms with Crippen LogP contribution in [0, 0.1) is 6.92 Å². The monoisotopic (exact) mass is 415 g/mol. The second-order valence-electron chi connectivity index (χ2n) is 6.90. The van der Waals surface area contributed by atoms with Crippen LogP contribution in [0.1, 0.15) is 40.2 Å². The highest BCUT2D eigenvalue weighted by Gasteiger charge is 2.22. The molecule has 0 saturated carbocycles. The largest absolute Gasteiger partial charge is 0.378 e. The van der Waals surface area contributed by atoms with Crippen molar-refractivity contribution in [1.82, 2.24) is 10.2 Å². The molecule has 1 aromatic heterocycles. The Morgan fingerprint density at radius 1 is 1.17 bits per heavy atom. The first-order chi connectivity index (χ1) is 14.0. The van der Waals surface area contributed by atoms with Gasteiger partial charge in [-0.3, -0.25) is 14.4 Å². The third-order valence-electron chi connectivity index (χ3n) is 4.79. The molecule has 1 aromatic carbocycles. The summed E-state index contributed by atoms with van der Waals surface area (Å²) < 4.78 is 5.31. The van der Waals surface area contributed by atoms with E-state index in [9.17, 15) is 14.4 Å². The SMILES string of the molecule is CC(=O)NC(CC(=O)Nc1cccc(C(=O)N2CCOCC2)c1C)c1cccs1. The van der Waals surface area contributed by atoms with Crippen LogP contribution in [0.5, 0.6) is 0 Å². The lowest BCUT2D eigenvalue weighted by molar-refractivity contribution is -0.120. The molecule has 2 N–H and O–H groups in total. The van der Waals surface area contributed by atoms with Crippen LogP contribution in [-0.2, 0) is 14.3 Å². The molecule has 8 heteroatoms. The van der Waals surface area contributed by atoms with Crippen molar-refractivity contribution >= 4 is 34.7 Å². The van der Waals surface area contributed by atoms with Gasteiger partial charge in [0.05, 0.1) is 25.7 Å². The number of nitrogens with zero attached hydrogens (tertiary/aromatic N) is 1. The van der Waals surface area contributed by atoms with Crippen molar-refractivity contribution in [2.24, 2.45) is 0 Å². The molecular formula is C21H25N3O4S. The van der Waals surface area contributed by atoms with E-state index < -0.39 is 0 Å². The van der Waals surface area contributed by atoms with Crippen molar-refractivity contribution in [3.8, 4) is 0 Å². The molecule has 1 aliphatic heterocycles.